The van der Waals surface area contributed by atoms with Crippen molar-refractivity contribution >= 4 is 33.3 Å². The lowest BCUT2D eigenvalue weighted by Crippen LogP contribution is -2.39. The van der Waals surface area contributed by atoms with Crippen LogP contribution in [0.5, 0.6) is 5.75 Å². The van der Waals surface area contributed by atoms with Crippen LogP contribution in [0.1, 0.15) is 25.3 Å². The number of methoxy groups -OCH3 is 1. The molecular formula is C19H29ClN4O4S. The lowest BCUT2D eigenvalue weighted by molar-refractivity contribution is -0.121. The second-order valence-corrected chi connectivity index (χ2v) is 9.45. The first-order valence-electron chi connectivity index (χ1n) is 9.67. The highest BCUT2D eigenvalue weighted by Crippen LogP contribution is 2.22. The predicted octanol–water partition coefficient (Wildman–Crippen LogP) is 1.14. The van der Waals surface area contributed by atoms with Crippen molar-refractivity contribution in [1.29, 1.82) is 0 Å². The quantitative estimate of drug-likeness (QED) is 0.389. The molecule has 0 spiro atoms. The van der Waals surface area contributed by atoms with Crippen LogP contribution >= 0.6 is 11.6 Å². The monoisotopic (exact) mass is 444 g/mol. The van der Waals surface area contributed by atoms with Crippen molar-refractivity contribution in [2.24, 2.45) is 4.99 Å². The maximum absolute atomic E-state index is 12.0. The lowest BCUT2D eigenvalue weighted by Gasteiger charge is -2.13. The van der Waals surface area contributed by atoms with Crippen molar-refractivity contribution < 1.29 is 17.9 Å². The molecule has 3 N–H and O–H groups in total. The van der Waals surface area contributed by atoms with Crippen LogP contribution in [0, 0.1) is 0 Å². The SMILES string of the molecule is CCNC(=NCCC(=O)NC1CCS(=O)(=O)C1)NCCc1ccc(OC)cc1Cl. The molecule has 29 heavy (non-hydrogen) atoms. The molecule has 1 amide bonds. The Morgan fingerprint density at radius 3 is 2.76 bits per heavy atom. The molecule has 0 radical (unpaired) electrons. The van der Waals surface area contributed by atoms with Gasteiger partial charge in [-0.1, -0.05) is 17.7 Å². The number of rotatable bonds is 9. The maximum atomic E-state index is 12.0. The van der Waals surface area contributed by atoms with Crippen molar-refractivity contribution in [1.82, 2.24) is 16.0 Å². The Hall–Kier alpha value is -2.00. The zero-order chi connectivity index (χ0) is 21.3. The second-order valence-electron chi connectivity index (χ2n) is 6.81. The van der Waals surface area contributed by atoms with Crippen molar-refractivity contribution in [3.63, 3.8) is 0 Å². The Kier molecular flexibility index (Phi) is 9.03. The summed E-state index contributed by atoms with van der Waals surface area (Å²) in [6.07, 6.45) is 1.40. The van der Waals surface area contributed by atoms with Gasteiger partial charge in [0.1, 0.15) is 5.75 Å². The number of halogens is 1. The van der Waals surface area contributed by atoms with Crippen molar-refractivity contribution in [3.05, 3.63) is 28.8 Å². The number of amides is 1. The minimum absolute atomic E-state index is 0.0279. The highest BCUT2D eigenvalue weighted by Gasteiger charge is 2.28. The van der Waals surface area contributed by atoms with E-state index in [1.165, 1.54) is 0 Å². The number of carbonyl (C=O) groups excluding carboxylic acids is 1. The van der Waals surface area contributed by atoms with E-state index in [2.05, 4.69) is 20.9 Å². The van der Waals surface area contributed by atoms with Gasteiger partial charge in [0.15, 0.2) is 15.8 Å². The first-order chi connectivity index (χ1) is 13.8. The van der Waals surface area contributed by atoms with Crippen LogP contribution in [0.4, 0.5) is 0 Å². The number of aliphatic imine (C=N–C) groups is 1. The third-order valence-corrected chi connectivity index (χ3v) is 6.62. The molecule has 1 atom stereocenters. The Balaban J connectivity index is 1.76. The van der Waals surface area contributed by atoms with Gasteiger partial charge in [0.2, 0.25) is 5.91 Å². The normalized spacial score (nSPS) is 18.3. The topological polar surface area (TPSA) is 109 Å². The number of nitrogens with zero attached hydrogens (tertiary/aromatic N) is 1. The van der Waals surface area contributed by atoms with Crippen LogP contribution in [0.3, 0.4) is 0 Å². The summed E-state index contributed by atoms with van der Waals surface area (Å²) in [7, 11) is -1.40. The largest absolute Gasteiger partial charge is 0.497 e. The molecule has 1 fully saturated rings. The van der Waals surface area contributed by atoms with Crippen molar-refractivity contribution in [2.45, 2.75) is 32.2 Å². The number of nitrogens with one attached hydrogen (secondary N) is 3. The number of guanidine groups is 1. The molecule has 0 bridgehead atoms. The van der Waals surface area contributed by atoms with E-state index in [1.54, 1.807) is 13.2 Å². The maximum Gasteiger partial charge on any atom is 0.222 e. The summed E-state index contributed by atoms with van der Waals surface area (Å²) in [5.41, 5.74) is 1.00. The van der Waals surface area contributed by atoms with E-state index >= 15 is 0 Å². The zero-order valence-corrected chi connectivity index (χ0v) is 18.4. The van der Waals surface area contributed by atoms with Crippen LogP contribution in [-0.2, 0) is 21.1 Å². The van der Waals surface area contributed by atoms with Gasteiger partial charge >= 0.3 is 0 Å². The standard InChI is InChI=1S/C19H29ClN4O4S/c1-3-21-19(22-9-6-14-4-5-16(28-2)12-17(14)20)23-10-7-18(25)24-15-8-11-29(26,27)13-15/h4-5,12,15H,3,6-11,13H2,1-2H3,(H,24,25)(H2,21,22,23). The molecule has 2 rings (SSSR count). The molecule has 0 aliphatic carbocycles. The molecule has 0 saturated carbocycles. The summed E-state index contributed by atoms with van der Waals surface area (Å²) in [6.45, 7) is 3.60. The average molecular weight is 445 g/mol. The molecule has 8 nitrogen and oxygen atoms in total. The molecule has 1 aromatic rings. The minimum atomic E-state index is -3.00. The molecule has 1 unspecified atom stereocenters. The summed E-state index contributed by atoms with van der Waals surface area (Å²) >= 11 is 6.25. The minimum Gasteiger partial charge on any atom is -0.497 e. The lowest BCUT2D eigenvalue weighted by atomic mass is 10.1. The highest BCUT2D eigenvalue weighted by atomic mass is 35.5. The molecule has 162 valence electrons. The highest BCUT2D eigenvalue weighted by molar-refractivity contribution is 7.91. The second kappa shape index (κ2) is 11.3. The number of hydrogen-bond donors (Lipinski definition) is 3. The van der Waals surface area contributed by atoms with E-state index in [9.17, 15) is 13.2 Å². The number of carbonyl (C=O) groups is 1. The van der Waals surface area contributed by atoms with Gasteiger partial charge in [0, 0.05) is 30.6 Å². The van der Waals surface area contributed by atoms with Crippen LogP contribution < -0.4 is 20.7 Å². The summed E-state index contributed by atoms with van der Waals surface area (Å²) in [6, 6.07) is 5.30. The van der Waals surface area contributed by atoms with Crippen molar-refractivity contribution in [3.8, 4) is 5.75 Å². The molecule has 1 aromatic carbocycles. The van der Waals surface area contributed by atoms with Gasteiger partial charge in [-0.25, -0.2) is 8.42 Å². The first kappa shape index (κ1) is 23.3. The third-order valence-electron chi connectivity index (χ3n) is 4.50. The Labute approximate surface area is 177 Å². The molecule has 0 aromatic heterocycles. The fraction of sp³-hybridized carbons (Fsp3) is 0.579. The summed E-state index contributed by atoms with van der Waals surface area (Å²) in [4.78, 5) is 16.4. The van der Waals surface area contributed by atoms with Gasteiger partial charge < -0.3 is 20.7 Å². The molecule has 1 heterocycles. The van der Waals surface area contributed by atoms with Crippen LogP contribution in [0.2, 0.25) is 5.02 Å². The number of benzene rings is 1. The van der Waals surface area contributed by atoms with E-state index in [0.29, 0.717) is 43.5 Å². The summed E-state index contributed by atoms with van der Waals surface area (Å²) in [5, 5.41) is 9.77. The number of hydrogen-bond acceptors (Lipinski definition) is 5. The molecule has 1 saturated heterocycles. The van der Waals surface area contributed by atoms with Gasteiger partial charge in [-0.15, -0.1) is 0 Å². The van der Waals surface area contributed by atoms with Gasteiger partial charge in [0.05, 0.1) is 25.2 Å². The van der Waals surface area contributed by atoms with E-state index in [1.807, 2.05) is 19.1 Å². The van der Waals surface area contributed by atoms with Gasteiger partial charge in [0.25, 0.3) is 0 Å². The van der Waals surface area contributed by atoms with Gasteiger partial charge in [-0.2, -0.15) is 0 Å². The van der Waals surface area contributed by atoms with Crippen LogP contribution in [0.25, 0.3) is 0 Å². The zero-order valence-electron chi connectivity index (χ0n) is 16.8. The van der Waals surface area contributed by atoms with E-state index < -0.39 is 9.84 Å². The smallest absolute Gasteiger partial charge is 0.222 e. The molecule has 1 aliphatic rings. The Morgan fingerprint density at radius 2 is 2.14 bits per heavy atom. The van der Waals surface area contributed by atoms with Crippen molar-refractivity contribution in [2.75, 3.05) is 38.2 Å². The number of ether oxygens (including phenoxy) is 1. The van der Waals surface area contributed by atoms with E-state index in [0.717, 1.165) is 11.3 Å². The predicted molar refractivity (Wildman–Crippen MR) is 116 cm³/mol. The first-order valence-corrected chi connectivity index (χ1v) is 11.9. The van der Waals surface area contributed by atoms with Crippen LogP contribution in [0.15, 0.2) is 23.2 Å². The molecule has 10 heteroatoms. The fourth-order valence-corrected chi connectivity index (χ4v) is 4.93. The van der Waals surface area contributed by atoms with Gasteiger partial charge in [-0.3, -0.25) is 9.79 Å². The fourth-order valence-electron chi connectivity index (χ4n) is 2.99. The number of sulfone groups is 1. The van der Waals surface area contributed by atoms with Gasteiger partial charge in [-0.05, 0) is 37.5 Å². The third kappa shape index (κ3) is 8.10. The van der Waals surface area contributed by atoms with E-state index in [-0.39, 0.29) is 29.9 Å². The summed E-state index contributed by atoms with van der Waals surface area (Å²) in [5.74, 6) is 1.32. The summed E-state index contributed by atoms with van der Waals surface area (Å²) < 4.78 is 28.0. The average Bonchev–Trinajstić information content (AvgIpc) is 3.01. The van der Waals surface area contributed by atoms with Crippen LogP contribution in [-0.4, -0.2) is 64.6 Å². The Morgan fingerprint density at radius 1 is 1.34 bits per heavy atom. The molecular weight excluding hydrogens is 416 g/mol. The Bertz CT molecular complexity index is 829. The molecule has 1 aliphatic heterocycles. The van der Waals surface area contributed by atoms with E-state index in [4.69, 9.17) is 16.3 Å².